The van der Waals surface area contributed by atoms with E-state index in [9.17, 15) is 13.2 Å². The van der Waals surface area contributed by atoms with Crippen LogP contribution in [-0.2, 0) is 6.18 Å². The van der Waals surface area contributed by atoms with Crippen LogP contribution in [0, 0.1) is 0 Å². The van der Waals surface area contributed by atoms with Crippen LogP contribution in [0.4, 0.5) is 18.9 Å². The molecule has 128 valence electrons. The zero-order chi connectivity index (χ0) is 17.5. The smallest absolute Gasteiger partial charge is 0.399 e. The average molecular weight is 373 g/mol. The fourth-order valence-corrected chi connectivity index (χ4v) is 3.48. The Morgan fingerprint density at radius 3 is 2.33 bits per heavy atom. The minimum absolute atomic E-state index is 0.00801. The van der Waals surface area contributed by atoms with Crippen molar-refractivity contribution < 1.29 is 13.2 Å². The molecule has 2 aromatic rings. The molecule has 0 amide bonds. The Bertz CT molecular complexity index is 756. The summed E-state index contributed by atoms with van der Waals surface area (Å²) < 4.78 is 43.3. The molecule has 7 heteroatoms. The first kappa shape index (κ1) is 17.5. The van der Waals surface area contributed by atoms with E-state index in [2.05, 4.69) is 11.6 Å². The molecule has 24 heavy (non-hydrogen) atoms. The SMILES string of the molecule is CC1(NSc2ccc(-c3c(Cl)cc(N)cc3C(F)(F)F)cc2)CC1. The highest BCUT2D eigenvalue weighted by Gasteiger charge is 2.37. The maximum Gasteiger partial charge on any atom is 0.417 e. The molecule has 0 aromatic heterocycles. The first-order valence-corrected chi connectivity index (χ1v) is 8.58. The van der Waals surface area contributed by atoms with Gasteiger partial charge in [-0.1, -0.05) is 23.7 Å². The Labute approximate surface area is 147 Å². The van der Waals surface area contributed by atoms with Crippen LogP contribution in [0.1, 0.15) is 25.3 Å². The number of hydrogen-bond acceptors (Lipinski definition) is 3. The van der Waals surface area contributed by atoms with Crippen molar-refractivity contribution in [3.05, 3.63) is 47.0 Å². The monoisotopic (exact) mass is 372 g/mol. The zero-order valence-corrected chi connectivity index (χ0v) is 14.4. The van der Waals surface area contributed by atoms with Gasteiger partial charge in [0, 0.05) is 21.7 Å². The number of benzene rings is 2. The van der Waals surface area contributed by atoms with Crippen LogP contribution in [0.15, 0.2) is 41.3 Å². The standard InChI is InChI=1S/C17H16ClF3N2S/c1-16(6-7-16)23-24-12-4-2-10(3-5-12)15-13(17(19,20)21)8-11(22)9-14(15)18/h2-5,8-9,23H,6-7,22H2,1H3. The molecule has 0 saturated heterocycles. The molecule has 2 nitrogen and oxygen atoms in total. The van der Waals surface area contributed by atoms with Gasteiger partial charge >= 0.3 is 6.18 Å². The van der Waals surface area contributed by atoms with Crippen molar-refractivity contribution in [2.24, 2.45) is 0 Å². The summed E-state index contributed by atoms with van der Waals surface area (Å²) in [6.45, 7) is 2.14. The van der Waals surface area contributed by atoms with Gasteiger partial charge in [-0.3, -0.25) is 4.72 Å². The summed E-state index contributed by atoms with van der Waals surface area (Å²) in [5, 5.41) is -0.00801. The highest BCUT2D eigenvalue weighted by molar-refractivity contribution is 7.97. The number of hydrogen-bond donors (Lipinski definition) is 2. The van der Waals surface area contributed by atoms with Gasteiger partial charge in [-0.2, -0.15) is 13.2 Å². The summed E-state index contributed by atoms with van der Waals surface area (Å²) >= 11 is 7.53. The van der Waals surface area contributed by atoms with Crippen LogP contribution in [0.5, 0.6) is 0 Å². The molecular formula is C17H16ClF3N2S. The van der Waals surface area contributed by atoms with Crippen LogP contribution >= 0.6 is 23.5 Å². The van der Waals surface area contributed by atoms with Crippen molar-refractivity contribution >= 4 is 29.2 Å². The number of anilines is 1. The molecule has 1 saturated carbocycles. The maximum absolute atomic E-state index is 13.3. The molecule has 1 aliphatic rings. The first-order valence-electron chi connectivity index (χ1n) is 7.39. The summed E-state index contributed by atoms with van der Waals surface area (Å²) in [5.41, 5.74) is 5.23. The highest BCUT2D eigenvalue weighted by Crippen LogP contribution is 2.43. The van der Waals surface area contributed by atoms with Crippen molar-refractivity contribution in [3.8, 4) is 11.1 Å². The summed E-state index contributed by atoms with van der Waals surface area (Å²) in [6, 6.07) is 9.11. The lowest BCUT2D eigenvalue weighted by atomic mass is 9.98. The molecule has 0 heterocycles. The number of alkyl halides is 3. The summed E-state index contributed by atoms with van der Waals surface area (Å²) in [6.07, 6.45) is -2.26. The topological polar surface area (TPSA) is 38.0 Å². The van der Waals surface area contributed by atoms with Gasteiger partial charge < -0.3 is 5.73 Å². The van der Waals surface area contributed by atoms with Crippen LogP contribution in [0.2, 0.25) is 5.02 Å². The van der Waals surface area contributed by atoms with Crippen LogP contribution in [0.25, 0.3) is 11.1 Å². The van der Waals surface area contributed by atoms with E-state index in [0.29, 0.717) is 5.56 Å². The average Bonchev–Trinajstić information content (AvgIpc) is 3.23. The third kappa shape index (κ3) is 3.82. The number of nitrogen functional groups attached to an aromatic ring is 1. The number of nitrogens with one attached hydrogen (secondary N) is 1. The largest absolute Gasteiger partial charge is 0.417 e. The second-order valence-corrected chi connectivity index (χ2v) is 7.50. The first-order chi connectivity index (χ1) is 11.2. The Hall–Kier alpha value is -1.37. The molecule has 1 aliphatic carbocycles. The number of halogens is 4. The Morgan fingerprint density at radius 1 is 1.17 bits per heavy atom. The molecule has 0 unspecified atom stereocenters. The fraction of sp³-hybridized carbons (Fsp3) is 0.294. The third-order valence-electron chi connectivity index (χ3n) is 3.98. The molecule has 0 bridgehead atoms. The molecule has 3 N–H and O–H groups in total. The van der Waals surface area contributed by atoms with Gasteiger partial charge in [-0.25, -0.2) is 0 Å². The third-order valence-corrected chi connectivity index (χ3v) is 5.38. The van der Waals surface area contributed by atoms with Crippen molar-refractivity contribution in [2.45, 2.75) is 36.4 Å². The highest BCUT2D eigenvalue weighted by atomic mass is 35.5. The number of nitrogens with two attached hydrogens (primary N) is 1. The summed E-state index contributed by atoms with van der Waals surface area (Å²) in [4.78, 5) is 0.937. The fourth-order valence-electron chi connectivity index (χ4n) is 2.31. The van der Waals surface area contributed by atoms with E-state index in [1.807, 2.05) is 0 Å². The Morgan fingerprint density at radius 2 is 1.79 bits per heavy atom. The van der Waals surface area contributed by atoms with Crippen LogP contribution in [-0.4, -0.2) is 5.54 Å². The van der Waals surface area contributed by atoms with E-state index < -0.39 is 11.7 Å². The molecule has 0 atom stereocenters. The zero-order valence-electron chi connectivity index (χ0n) is 12.9. The lowest BCUT2D eigenvalue weighted by molar-refractivity contribution is -0.137. The second kappa shape index (κ2) is 6.17. The van der Waals surface area contributed by atoms with Gasteiger partial charge in [-0.15, -0.1) is 0 Å². The molecule has 1 fully saturated rings. The molecule has 0 radical (unpaired) electrons. The van der Waals surface area contributed by atoms with Crippen LogP contribution < -0.4 is 10.5 Å². The lowest BCUT2D eigenvalue weighted by Crippen LogP contribution is -2.19. The molecular weight excluding hydrogens is 357 g/mol. The van der Waals surface area contributed by atoms with Gasteiger partial charge in [0.1, 0.15) is 0 Å². The minimum atomic E-state index is -4.52. The molecule has 0 spiro atoms. The predicted molar refractivity (Wildman–Crippen MR) is 92.9 cm³/mol. The number of rotatable bonds is 4. The minimum Gasteiger partial charge on any atom is -0.399 e. The molecule has 2 aromatic carbocycles. The van der Waals surface area contributed by atoms with E-state index in [1.165, 1.54) is 18.0 Å². The van der Waals surface area contributed by atoms with E-state index in [1.54, 1.807) is 24.3 Å². The predicted octanol–water partition coefficient (Wildman–Crippen LogP) is 5.76. The normalized spacial score (nSPS) is 16.2. The van der Waals surface area contributed by atoms with Gasteiger partial charge in [0.05, 0.1) is 10.6 Å². The van der Waals surface area contributed by atoms with E-state index in [4.69, 9.17) is 17.3 Å². The quantitative estimate of drug-likeness (QED) is 0.529. The van der Waals surface area contributed by atoms with Gasteiger partial charge in [-0.05, 0) is 61.5 Å². The molecule has 0 aliphatic heterocycles. The van der Waals surface area contributed by atoms with Gasteiger partial charge in [0.25, 0.3) is 0 Å². The Balaban J connectivity index is 1.91. The molecule has 3 rings (SSSR count). The van der Waals surface area contributed by atoms with Crippen LogP contribution in [0.3, 0.4) is 0 Å². The lowest BCUT2D eigenvalue weighted by Gasteiger charge is -2.16. The Kier molecular flexibility index (Phi) is 4.49. The van der Waals surface area contributed by atoms with Crippen molar-refractivity contribution in [1.29, 1.82) is 0 Å². The second-order valence-electron chi connectivity index (χ2n) is 6.21. The van der Waals surface area contributed by atoms with Gasteiger partial charge in [0.2, 0.25) is 0 Å². The van der Waals surface area contributed by atoms with Crippen molar-refractivity contribution in [1.82, 2.24) is 4.72 Å². The van der Waals surface area contributed by atoms with E-state index in [-0.39, 0.29) is 21.8 Å². The summed E-state index contributed by atoms with van der Waals surface area (Å²) in [7, 11) is 0. The summed E-state index contributed by atoms with van der Waals surface area (Å²) in [5.74, 6) is 0. The van der Waals surface area contributed by atoms with E-state index >= 15 is 0 Å². The van der Waals surface area contributed by atoms with E-state index in [0.717, 1.165) is 23.8 Å². The van der Waals surface area contributed by atoms with Crippen molar-refractivity contribution in [2.75, 3.05) is 5.73 Å². The van der Waals surface area contributed by atoms with Gasteiger partial charge in [0.15, 0.2) is 0 Å². The van der Waals surface area contributed by atoms with Crippen molar-refractivity contribution in [3.63, 3.8) is 0 Å². The maximum atomic E-state index is 13.3.